The first-order valence-corrected chi connectivity index (χ1v) is 7.26. The molecule has 2 aromatic rings. The molecule has 0 N–H and O–H groups in total. The van der Waals surface area contributed by atoms with Crippen molar-refractivity contribution in [3.63, 3.8) is 0 Å². The van der Waals surface area contributed by atoms with Crippen molar-refractivity contribution in [2.24, 2.45) is 0 Å². The Kier molecular flexibility index (Phi) is 5.04. The van der Waals surface area contributed by atoms with Gasteiger partial charge in [-0.1, -0.05) is 50.1 Å². The summed E-state index contributed by atoms with van der Waals surface area (Å²) in [6, 6.07) is 8.30. The molecular formula is C16H22N4. The first-order chi connectivity index (χ1) is 9.74. The molecule has 20 heavy (non-hydrogen) atoms. The number of hydrogen-bond donors (Lipinski definition) is 0. The van der Waals surface area contributed by atoms with Crippen LogP contribution < -0.4 is 0 Å². The average Bonchev–Trinajstić information content (AvgIpc) is 2.96. The van der Waals surface area contributed by atoms with Crippen LogP contribution in [0, 0.1) is 0 Å². The number of tetrazole rings is 1. The number of hydrogen-bond acceptors (Lipinski definition) is 3. The van der Waals surface area contributed by atoms with Crippen LogP contribution in [0.2, 0.25) is 0 Å². The maximum absolute atomic E-state index is 4.43. The molecule has 0 spiro atoms. The highest BCUT2D eigenvalue weighted by atomic mass is 15.6. The first-order valence-electron chi connectivity index (χ1n) is 7.26. The maximum Gasteiger partial charge on any atom is 0.204 e. The van der Waals surface area contributed by atoms with E-state index in [4.69, 9.17) is 0 Å². The van der Waals surface area contributed by atoms with Crippen LogP contribution in [0.25, 0.3) is 17.0 Å². The van der Waals surface area contributed by atoms with E-state index in [2.05, 4.69) is 59.6 Å². The van der Waals surface area contributed by atoms with Gasteiger partial charge in [-0.05, 0) is 36.6 Å². The van der Waals surface area contributed by atoms with E-state index in [0.717, 1.165) is 18.5 Å². The van der Waals surface area contributed by atoms with E-state index in [1.165, 1.54) is 24.0 Å². The number of allylic oxidation sites excluding steroid dienone is 2. The second kappa shape index (κ2) is 6.98. The van der Waals surface area contributed by atoms with Crippen LogP contribution in [-0.2, 0) is 6.54 Å². The summed E-state index contributed by atoms with van der Waals surface area (Å²) in [6.45, 7) is 7.19. The van der Waals surface area contributed by atoms with Crippen molar-refractivity contribution < 1.29 is 0 Å². The lowest BCUT2D eigenvalue weighted by molar-refractivity contribution is 0.486. The predicted octanol–water partition coefficient (Wildman–Crippen LogP) is 3.95. The lowest BCUT2D eigenvalue weighted by Crippen LogP contribution is -2.02. The van der Waals surface area contributed by atoms with Crippen molar-refractivity contribution in [2.45, 2.75) is 46.6 Å². The fourth-order valence-corrected chi connectivity index (χ4v) is 2.01. The van der Waals surface area contributed by atoms with Crippen LogP contribution in [0.4, 0.5) is 0 Å². The van der Waals surface area contributed by atoms with Gasteiger partial charge >= 0.3 is 0 Å². The minimum Gasteiger partial charge on any atom is -0.164 e. The second-order valence-electron chi connectivity index (χ2n) is 4.97. The molecule has 0 amide bonds. The highest BCUT2D eigenvalue weighted by molar-refractivity contribution is 5.66. The smallest absolute Gasteiger partial charge is 0.164 e. The van der Waals surface area contributed by atoms with Crippen molar-refractivity contribution in [1.82, 2.24) is 20.2 Å². The van der Waals surface area contributed by atoms with Crippen molar-refractivity contribution in [2.75, 3.05) is 0 Å². The number of unbranched alkanes of at least 4 members (excludes halogenated alkanes) is 2. The number of nitrogens with zero attached hydrogens (tertiary/aromatic N) is 4. The van der Waals surface area contributed by atoms with E-state index in [1.807, 2.05) is 6.92 Å². The van der Waals surface area contributed by atoms with E-state index in [-0.39, 0.29) is 0 Å². The van der Waals surface area contributed by atoms with E-state index >= 15 is 0 Å². The van der Waals surface area contributed by atoms with Gasteiger partial charge in [0.1, 0.15) is 0 Å². The Morgan fingerprint density at radius 1 is 1.20 bits per heavy atom. The molecule has 0 saturated carbocycles. The molecule has 4 heteroatoms. The van der Waals surface area contributed by atoms with E-state index in [9.17, 15) is 0 Å². The number of benzene rings is 1. The molecule has 4 nitrogen and oxygen atoms in total. The minimum absolute atomic E-state index is 0.700. The zero-order valence-electron chi connectivity index (χ0n) is 12.5. The summed E-state index contributed by atoms with van der Waals surface area (Å²) in [5.74, 6) is 0.700. The van der Waals surface area contributed by atoms with Gasteiger partial charge in [-0.15, -0.1) is 10.2 Å². The summed E-state index contributed by atoms with van der Waals surface area (Å²) in [5, 5.41) is 12.7. The van der Waals surface area contributed by atoms with Gasteiger partial charge in [0.2, 0.25) is 5.82 Å². The zero-order valence-corrected chi connectivity index (χ0v) is 12.5. The topological polar surface area (TPSA) is 43.6 Å². The maximum atomic E-state index is 4.43. The molecule has 0 bridgehead atoms. The van der Waals surface area contributed by atoms with Gasteiger partial charge in [0.05, 0.1) is 6.54 Å². The summed E-state index contributed by atoms with van der Waals surface area (Å²) in [5.41, 5.74) is 3.51. The van der Waals surface area contributed by atoms with Gasteiger partial charge in [-0.25, -0.2) is 0 Å². The summed E-state index contributed by atoms with van der Waals surface area (Å²) in [6.07, 6.45) is 5.62. The van der Waals surface area contributed by atoms with Crippen LogP contribution >= 0.6 is 0 Å². The fourth-order valence-electron chi connectivity index (χ4n) is 2.01. The lowest BCUT2D eigenvalue weighted by atomic mass is 10.1. The minimum atomic E-state index is 0.700. The van der Waals surface area contributed by atoms with Crippen molar-refractivity contribution in [1.29, 1.82) is 0 Å². The molecule has 0 atom stereocenters. The van der Waals surface area contributed by atoms with E-state index in [0.29, 0.717) is 5.82 Å². The molecule has 0 unspecified atom stereocenters. The zero-order chi connectivity index (χ0) is 14.4. The summed E-state index contributed by atoms with van der Waals surface area (Å²) >= 11 is 0. The van der Waals surface area contributed by atoms with Crippen LogP contribution in [0.5, 0.6) is 0 Å². The molecule has 0 radical (unpaired) electrons. The van der Waals surface area contributed by atoms with Crippen molar-refractivity contribution >= 4 is 5.57 Å². The Balaban J connectivity index is 2.08. The Morgan fingerprint density at radius 3 is 2.60 bits per heavy atom. The monoisotopic (exact) mass is 270 g/mol. The highest BCUT2D eigenvalue weighted by Crippen LogP contribution is 2.19. The van der Waals surface area contributed by atoms with Crippen molar-refractivity contribution in [3.8, 4) is 11.4 Å². The van der Waals surface area contributed by atoms with Gasteiger partial charge in [0.25, 0.3) is 0 Å². The second-order valence-corrected chi connectivity index (χ2v) is 4.97. The van der Waals surface area contributed by atoms with Gasteiger partial charge in [-0.2, -0.15) is 4.80 Å². The first kappa shape index (κ1) is 14.4. The largest absolute Gasteiger partial charge is 0.204 e. The molecule has 1 aromatic heterocycles. The van der Waals surface area contributed by atoms with E-state index in [1.54, 1.807) is 4.80 Å². The van der Waals surface area contributed by atoms with Crippen LogP contribution in [0.1, 0.15) is 45.6 Å². The molecule has 2 rings (SSSR count). The fraction of sp³-hybridized carbons (Fsp3) is 0.438. The Labute approximate surface area is 120 Å². The SMILES string of the molecule is CC=C(C)c1ccc(-c2nnn(CCCCC)n2)cc1. The molecule has 0 saturated heterocycles. The van der Waals surface area contributed by atoms with Gasteiger partial charge in [-0.3, -0.25) is 0 Å². The highest BCUT2D eigenvalue weighted by Gasteiger charge is 2.06. The summed E-state index contributed by atoms with van der Waals surface area (Å²) in [4.78, 5) is 1.69. The van der Waals surface area contributed by atoms with Gasteiger partial charge < -0.3 is 0 Å². The van der Waals surface area contributed by atoms with Gasteiger partial charge in [0.15, 0.2) is 0 Å². The average molecular weight is 270 g/mol. The third-order valence-electron chi connectivity index (χ3n) is 3.45. The predicted molar refractivity (Wildman–Crippen MR) is 82.1 cm³/mol. The quantitative estimate of drug-likeness (QED) is 0.746. The lowest BCUT2D eigenvalue weighted by Gasteiger charge is -2.01. The molecule has 1 heterocycles. The number of aryl methyl sites for hydroxylation is 1. The standard InChI is InChI=1S/C16H22N4/c1-4-6-7-12-20-18-16(17-19-20)15-10-8-14(9-11-15)13(3)5-2/h5,8-11H,4,6-7,12H2,1-3H3. The van der Waals surface area contributed by atoms with Crippen LogP contribution in [-0.4, -0.2) is 20.2 Å². The molecule has 0 aliphatic carbocycles. The molecular weight excluding hydrogens is 248 g/mol. The summed E-state index contributed by atoms with van der Waals surface area (Å²) in [7, 11) is 0. The number of aromatic nitrogens is 4. The normalized spacial score (nSPS) is 11.8. The molecule has 0 aliphatic heterocycles. The molecule has 0 fully saturated rings. The third kappa shape index (κ3) is 3.53. The third-order valence-corrected chi connectivity index (χ3v) is 3.45. The van der Waals surface area contributed by atoms with Gasteiger partial charge in [0, 0.05) is 5.56 Å². The molecule has 1 aromatic carbocycles. The van der Waals surface area contributed by atoms with Crippen LogP contribution in [0.15, 0.2) is 30.3 Å². The summed E-state index contributed by atoms with van der Waals surface area (Å²) < 4.78 is 0. The molecule has 0 aliphatic rings. The molecule has 106 valence electrons. The van der Waals surface area contributed by atoms with Crippen LogP contribution in [0.3, 0.4) is 0 Å². The van der Waals surface area contributed by atoms with Crippen molar-refractivity contribution in [3.05, 3.63) is 35.9 Å². The van der Waals surface area contributed by atoms with E-state index < -0.39 is 0 Å². The Bertz CT molecular complexity index is 566. The Hall–Kier alpha value is -1.97. The number of rotatable bonds is 6. The Morgan fingerprint density at radius 2 is 1.95 bits per heavy atom.